The normalized spacial score (nSPS) is 18.0. The number of fused-ring (bicyclic) bond motifs is 3. The van der Waals surface area contributed by atoms with Crippen molar-refractivity contribution in [3.8, 4) is 17.2 Å². The molecule has 2 aliphatic heterocycles. The van der Waals surface area contributed by atoms with Gasteiger partial charge in [0.25, 0.3) is 5.58 Å². The zero-order valence-corrected chi connectivity index (χ0v) is 13.0. The highest BCUT2D eigenvalue weighted by Crippen LogP contribution is 2.68. The van der Waals surface area contributed by atoms with Crippen LogP contribution < -0.4 is 13.6 Å². The Balaban J connectivity index is 1.39. The molecule has 0 amide bonds. The van der Waals surface area contributed by atoms with E-state index in [2.05, 4.69) is 6.92 Å². The second-order valence-corrected chi connectivity index (χ2v) is 6.65. The number of benzene rings is 1. The lowest BCUT2D eigenvalue weighted by atomic mass is 10.0. The molecule has 2 aromatic rings. The van der Waals surface area contributed by atoms with Gasteiger partial charge in [-0.05, 0) is 12.8 Å². The molecule has 3 heterocycles. The van der Waals surface area contributed by atoms with E-state index >= 15 is 0 Å². The van der Waals surface area contributed by atoms with Gasteiger partial charge in [0.2, 0.25) is 17.1 Å². The van der Waals surface area contributed by atoms with Crippen LogP contribution in [0.3, 0.4) is 0 Å². The molecule has 1 unspecified atom stereocenters. The van der Waals surface area contributed by atoms with Crippen molar-refractivity contribution in [2.75, 3.05) is 0 Å². The number of unbranched alkanes of at least 4 members (excludes halogenated alkanes) is 6. The van der Waals surface area contributed by atoms with Crippen LogP contribution in [0.4, 0.5) is 0 Å². The Bertz CT molecular complexity index is 644. The van der Waals surface area contributed by atoms with E-state index in [1.54, 1.807) is 0 Å². The number of hydrogen-bond acceptors (Lipinski definition) is 5. The summed E-state index contributed by atoms with van der Waals surface area (Å²) in [6.45, 7) is 2.24. The van der Waals surface area contributed by atoms with E-state index in [4.69, 9.17) is 22.7 Å². The van der Waals surface area contributed by atoms with Crippen LogP contribution in [0, 0.1) is 0 Å². The van der Waals surface area contributed by atoms with Gasteiger partial charge in [-0.1, -0.05) is 45.4 Å². The first-order valence-electron chi connectivity index (χ1n) is 7.80. The van der Waals surface area contributed by atoms with Crippen LogP contribution >= 0.6 is 8.60 Å². The lowest BCUT2D eigenvalue weighted by Gasteiger charge is -2.15. The molecule has 0 aliphatic carbocycles. The first-order chi connectivity index (χ1) is 10.4. The second-order valence-electron chi connectivity index (χ2n) is 5.66. The van der Waals surface area contributed by atoms with Gasteiger partial charge < -0.3 is 13.6 Å². The molecule has 0 saturated carbocycles. The van der Waals surface area contributed by atoms with Crippen LogP contribution in [0.1, 0.15) is 57.4 Å². The van der Waals surface area contributed by atoms with Gasteiger partial charge in [0.15, 0.2) is 5.75 Å². The quantitative estimate of drug-likeness (QED) is 0.355. The van der Waals surface area contributed by atoms with Gasteiger partial charge in [0, 0.05) is 0 Å². The topological polar surface area (TPSA) is 54.0 Å². The minimum Gasteiger partial charge on any atom is -0.404 e. The molecule has 1 aromatic carbocycles. The summed E-state index contributed by atoms with van der Waals surface area (Å²) in [6.07, 6.45) is 9.94. The molecule has 5 nitrogen and oxygen atoms in total. The zero-order chi connectivity index (χ0) is 14.2. The number of hydrogen-bond donors (Lipinski definition) is 0. The summed E-state index contributed by atoms with van der Waals surface area (Å²) < 4.78 is 26.9. The van der Waals surface area contributed by atoms with Crippen molar-refractivity contribution in [2.45, 2.75) is 58.3 Å². The molecule has 4 rings (SSSR count). The fourth-order valence-corrected chi connectivity index (χ4v) is 4.01. The third kappa shape index (κ3) is 2.18. The Hall–Kier alpha value is -1.35. The van der Waals surface area contributed by atoms with E-state index in [1.807, 2.05) is 0 Å². The lowest BCUT2D eigenvalue weighted by molar-refractivity contribution is 0.0561. The van der Waals surface area contributed by atoms with E-state index in [0.29, 0.717) is 17.1 Å². The third-order valence-corrected chi connectivity index (χ3v) is 5.10. The largest absolute Gasteiger partial charge is 0.530 e. The number of rotatable bonds is 8. The highest BCUT2D eigenvalue weighted by Gasteiger charge is 2.47. The maximum Gasteiger partial charge on any atom is 0.530 e. The molecular weight excluding hydrogens is 291 g/mol. The van der Waals surface area contributed by atoms with E-state index in [1.165, 1.54) is 38.5 Å². The monoisotopic (exact) mass is 310 g/mol. The molecule has 1 atom stereocenters. The molecule has 6 heteroatoms. The van der Waals surface area contributed by atoms with Crippen molar-refractivity contribution in [1.82, 2.24) is 0 Å². The van der Waals surface area contributed by atoms with Crippen LogP contribution in [0.2, 0.25) is 0 Å². The highest BCUT2D eigenvalue weighted by molar-refractivity contribution is 7.44. The standard InChI is InChI=1S/C15H19O5P/c1-2-3-4-5-6-7-8-9-10-11-13(17-16-11)15-14-12(10)18-21(19-14)20-15/h2-9H2,1H3. The second kappa shape index (κ2) is 5.45. The third-order valence-electron chi connectivity index (χ3n) is 4.11. The fraction of sp³-hybridized carbons (Fsp3) is 0.600. The summed E-state index contributed by atoms with van der Waals surface area (Å²) in [5.41, 5.74) is 2.53. The molecule has 0 radical (unpaired) electrons. The van der Waals surface area contributed by atoms with Crippen molar-refractivity contribution in [3.63, 3.8) is 0 Å². The molecule has 0 fully saturated rings. The zero-order valence-electron chi connectivity index (χ0n) is 12.1. The summed E-state index contributed by atoms with van der Waals surface area (Å²) in [5.74, 6) is 2.18. The van der Waals surface area contributed by atoms with Crippen molar-refractivity contribution in [2.24, 2.45) is 0 Å². The van der Waals surface area contributed by atoms with E-state index in [9.17, 15) is 0 Å². The maximum atomic E-state index is 5.68. The van der Waals surface area contributed by atoms with Crippen LogP contribution in [0.5, 0.6) is 17.2 Å². The Morgan fingerprint density at radius 2 is 1.38 bits per heavy atom. The predicted octanol–water partition coefficient (Wildman–Crippen LogP) is 5.71. The van der Waals surface area contributed by atoms with Gasteiger partial charge in [0.05, 0.1) is 5.56 Å². The summed E-state index contributed by atoms with van der Waals surface area (Å²) in [6, 6.07) is 0. The molecule has 21 heavy (non-hydrogen) atoms. The summed E-state index contributed by atoms with van der Waals surface area (Å²) in [4.78, 5) is 0. The van der Waals surface area contributed by atoms with Gasteiger partial charge in [0.1, 0.15) is 0 Å². The Morgan fingerprint density at radius 3 is 2.10 bits per heavy atom. The Kier molecular flexibility index (Phi) is 3.46. The fourth-order valence-electron chi connectivity index (χ4n) is 2.93. The Morgan fingerprint density at radius 1 is 0.714 bits per heavy atom. The van der Waals surface area contributed by atoms with E-state index in [-0.39, 0.29) is 0 Å². The van der Waals surface area contributed by atoms with Gasteiger partial charge in [-0.15, -0.1) is 0 Å². The molecule has 1 aromatic heterocycles. The predicted molar refractivity (Wildman–Crippen MR) is 79.0 cm³/mol. The van der Waals surface area contributed by atoms with Crippen LogP contribution in [-0.2, 0) is 6.42 Å². The molecule has 0 saturated heterocycles. The molecular formula is C15H19O5P. The number of aryl methyl sites for hydroxylation is 1. The molecule has 0 N–H and O–H groups in total. The Labute approximate surface area is 124 Å². The molecule has 2 bridgehead atoms. The maximum absolute atomic E-state index is 5.68. The van der Waals surface area contributed by atoms with Gasteiger partial charge in [-0.2, -0.15) is 0 Å². The summed E-state index contributed by atoms with van der Waals surface area (Å²) in [7, 11) is -1.27. The SMILES string of the molecule is CCCCCCCCCc1c2c3c(c4ooc14)OP(O2)O3. The first kappa shape index (κ1) is 13.3. The average molecular weight is 310 g/mol. The average Bonchev–Trinajstić information content (AvgIpc) is 3.03. The van der Waals surface area contributed by atoms with E-state index in [0.717, 1.165) is 29.7 Å². The lowest BCUT2D eigenvalue weighted by Crippen LogP contribution is -2.00. The summed E-state index contributed by atoms with van der Waals surface area (Å²) in [5, 5.41) is 0. The molecule has 2 aliphatic rings. The van der Waals surface area contributed by atoms with E-state index < -0.39 is 8.60 Å². The van der Waals surface area contributed by atoms with Crippen LogP contribution in [0.25, 0.3) is 11.2 Å². The molecule has 0 spiro atoms. The molecule has 114 valence electrons. The highest BCUT2D eigenvalue weighted by atomic mass is 31.2. The smallest absolute Gasteiger partial charge is 0.404 e. The van der Waals surface area contributed by atoms with Crippen molar-refractivity contribution >= 4 is 19.8 Å². The van der Waals surface area contributed by atoms with Crippen molar-refractivity contribution in [1.29, 1.82) is 0 Å². The first-order valence-corrected chi connectivity index (χ1v) is 8.89. The van der Waals surface area contributed by atoms with Gasteiger partial charge >= 0.3 is 8.60 Å². The van der Waals surface area contributed by atoms with Gasteiger partial charge in [-0.3, -0.25) is 9.15 Å². The van der Waals surface area contributed by atoms with Crippen molar-refractivity contribution < 1.29 is 22.7 Å². The van der Waals surface area contributed by atoms with Crippen LogP contribution in [0.15, 0.2) is 9.15 Å². The van der Waals surface area contributed by atoms with Gasteiger partial charge in [-0.25, -0.2) is 0 Å². The minimum absolute atomic E-state index is 0.659. The van der Waals surface area contributed by atoms with Crippen LogP contribution in [-0.4, -0.2) is 0 Å². The summed E-state index contributed by atoms with van der Waals surface area (Å²) >= 11 is 0. The minimum atomic E-state index is -1.27. The van der Waals surface area contributed by atoms with Crippen molar-refractivity contribution in [3.05, 3.63) is 5.56 Å².